The van der Waals surface area contributed by atoms with E-state index in [1.807, 2.05) is 12.1 Å². The molecule has 3 aromatic carbocycles. The van der Waals surface area contributed by atoms with Gasteiger partial charge in [-0.3, -0.25) is 4.79 Å². The smallest absolute Gasteiger partial charge is 0.150 e. The Kier molecular flexibility index (Phi) is 6.43. The van der Waals surface area contributed by atoms with Crippen LogP contribution in [0, 0.1) is 13.8 Å². The van der Waals surface area contributed by atoms with Crippen molar-refractivity contribution < 1.29 is 4.79 Å². The monoisotopic (exact) mass is 391 g/mol. The van der Waals surface area contributed by atoms with Gasteiger partial charge in [0.1, 0.15) is 6.29 Å². The van der Waals surface area contributed by atoms with E-state index in [4.69, 9.17) is 5.73 Å². The zero-order valence-corrected chi connectivity index (χ0v) is 16.9. The van der Waals surface area contributed by atoms with Crippen LogP contribution >= 0.6 is 23.5 Å². The Balaban J connectivity index is 1.96. The standard InChI is InChI=1S/C23H21NOS2/c1-16-3-11-20(12-4-16)26-23(27-21-13-5-17(2)6-14-21)22(24)19-9-7-18(15-25)8-10-19/h3-15H,24H2,1-2H3. The molecule has 0 spiro atoms. The molecule has 0 aromatic heterocycles. The summed E-state index contributed by atoms with van der Waals surface area (Å²) < 4.78 is 1.02. The Hall–Kier alpha value is -2.43. The summed E-state index contributed by atoms with van der Waals surface area (Å²) in [6, 6.07) is 24.2. The van der Waals surface area contributed by atoms with Gasteiger partial charge in [-0.05, 0) is 43.7 Å². The first kappa shape index (κ1) is 19.3. The van der Waals surface area contributed by atoms with Gasteiger partial charge < -0.3 is 5.73 Å². The van der Waals surface area contributed by atoms with Crippen molar-refractivity contribution in [3.05, 3.63) is 99.3 Å². The maximum Gasteiger partial charge on any atom is 0.150 e. The summed E-state index contributed by atoms with van der Waals surface area (Å²) in [5.74, 6) is 0. The van der Waals surface area contributed by atoms with E-state index < -0.39 is 0 Å². The van der Waals surface area contributed by atoms with Crippen LogP contribution in [0.5, 0.6) is 0 Å². The van der Waals surface area contributed by atoms with E-state index in [1.54, 1.807) is 35.7 Å². The second-order valence-corrected chi connectivity index (χ2v) is 8.70. The Labute approximate surface area is 168 Å². The van der Waals surface area contributed by atoms with E-state index in [-0.39, 0.29) is 0 Å². The van der Waals surface area contributed by atoms with Crippen LogP contribution in [0.4, 0.5) is 0 Å². The minimum atomic E-state index is 0.644. The summed E-state index contributed by atoms with van der Waals surface area (Å²) in [5.41, 5.74) is 11.3. The van der Waals surface area contributed by atoms with Gasteiger partial charge in [0.15, 0.2) is 0 Å². The fourth-order valence-corrected chi connectivity index (χ4v) is 4.59. The molecule has 0 saturated heterocycles. The van der Waals surface area contributed by atoms with Crippen molar-refractivity contribution >= 4 is 35.5 Å². The summed E-state index contributed by atoms with van der Waals surface area (Å²) in [6.07, 6.45) is 0.840. The first-order valence-corrected chi connectivity index (χ1v) is 10.2. The van der Waals surface area contributed by atoms with Gasteiger partial charge in [-0.25, -0.2) is 0 Å². The van der Waals surface area contributed by atoms with Gasteiger partial charge in [-0.15, -0.1) is 0 Å². The highest BCUT2D eigenvalue weighted by Crippen LogP contribution is 2.42. The highest BCUT2D eigenvalue weighted by Gasteiger charge is 2.11. The molecule has 0 saturated carbocycles. The number of benzene rings is 3. The van der Waals surface area contributed by atoms with E-state index in [2.05, 4.69) is 62.4 Å². The summed E-state index contributed by atoms with van der Waals surface area (Å²) in [7, 11) is 0. The molecule has 2 N–H and O–H groups in total. The van der Waals surface area contributed by atoms with Crippen molar-refractivity contribution in [1.82, 2.24) is 0 Å². The van der Waals surface area contributed by atoms with Crippen LogP contribution in [-0.2, 0) is 0 Å². The van der Waals surface area contributed by atoms with Crippen molar-refractivity contribution in [3.8, 4) is 0 Å². The zero-order chi connectivity index (χ0) is 19.2. The molecular weight excluding hydrogens is 370 g/mol. The predicted molar refractivity (Wildman–Crippen MR) is 117 cm³/mol. The highest BCUT2D eigenvalue weighted by atomic mass is 32.2. The molecule has 2 nitrogen and oxygen atoms in total. The molecule has 4 heteroatoms. The molecule has 136 valence electrons. The van der Waals surface area contributed by atoms with Gasteiger partial charge >= 0.3 is 0 Å². The van der Waals surface area contributed by atoms with Crippen molar-refractivity contribution in [2.45, 2.75) is 23.6 Å². The SMILES string of the molecule is Cc1ccc(SC(Sc2ccc(C)cc2)=C(N)c2ccc(C=O)cc2)cc1. The van der Waals surface area contributed by atoms with Gasteiger partial charge in [-0.2, -0.15) is 0 Å². The van der Waals surface area contributed by atoms with E-state index in [0.717, 1.165) is 25.9 Å². The van der Waals surface area contributed by atoms with E-state index in [9.17, 15) is 4.79 Å². The van der Waals surface area contributed by atoms with Crippen LogP contribution in [0.1, 0.15) is 27.0 Å². The molecule has 0 radical (unpaired) electrons. The predicted octanol–water partition coefficient (Wildman–Crippen LogP) is 6.29. The first-order valence-electron chi connectivity index (χ1n) is 8.59. The number of carbonyl (C=O) groups is 1. The summed E-state index contributed by atoms with van der Waals surface area (Å²) >= 11 is 3.31. The lowest BCUT2D eigenvalue weighted by Crippen LogP contribution is -1.99. The van der Waals surface area contributed by atoms with Crippen LogP contribution in [0.25, 0.3) is 5.70 Å². The second kappa shape index (κ2) is 8.98. The number of aldehydes is 1. The molecule has 0 aliphatic rings. The number of rotatable bonds is 6. The van der Waals surface area contributed by atoms with Crippen molar-refractivity contribution in [2.75, 3.05) is 0 Å². The number of nitrogens with two attached hydrogens (primary N) is 1. The Morgan fingerprint density at radius 3 is 1.59 bits per heavy atom. The molecule has 0 fully saturated rings. The molecule has 0 atom stereocenters. The van der Waals surface area contributed by atoms with Gasteiger partial charge in [0.2, 0.25) is 0 Å². The average Bonchev–Trinajstić information content (AvgIpc) is 2.70. The third-order valence-electron chi connectivity index (χ3n) is 4.04. The lowest BCUT2D eigenvalue weighted by atomic mass is 10.1. The van der Waals surface area contributed by atoms with E-state index >= 15 is 0 Å². The largest absolute Gasteiger partial charge is 0.397 e. The van der Waals surface area contributed by atoms with Crippen LogP contribution in [0.15, 0.2) is 86.8 Å². The number of carbonyl (C=O) groups excluding carboxylic acids is 1. The maximum absolute atomic E-state index is 10.9. The van der Waals surface area contributed by atoms with Crippen LogP contribution in [-0.4, -0.2) is 6.29 Å². The third kappa shape index (κ3) is 5.28. The zero-order valence-electron chi connectivity index (χ0n) is 15.3. The maximum atomic E-state index is 10.9. The molecule has 3 rings (SSSR count). The van der Waals surface area contributed by atoms with Crippen molar-refractivity contribution in [1.29, 1.82) is 0 Å². The normalized spacial score (nSPS) is 10.4. The number of aryl methyl sites for hydroxylation is 2. The number of hydrogen-bond donors (Lipinski definition) is 1. The highest BCUT2D eigenvalue weighted by molar-refractivity contribution is 8.22. The molecule has 0 aliphatic carbocycles. The minimum absolute atomic E-state index is 0.644. The van der Waals surface area contributed by atoms with Crippen LogP contribution in [0.3, 0.4) is 0 Å². The molecule has 27 heavy (non-hydrogen) atoms. The van der Waals surface area contributed by atoms with Gasteiger partial charge in [0.05, 0.1) is 9.93 Å². The van der Waals surface area contributed by atoms with Gasteiger partial charge in [0, 0.05) is 15.4 Å². The van der Waals surface area contributed by atoms with Crippen molar-refractivity contribution in [3.63, 3.8) is 0 Å². The molecule has 0 unspecified atom stereocenters. The molecule has 0 amide bonds. The summed E-state index contributed by atoms with van der Waals surface area (Å²) in [5, 5.41) is 0. The van der Waals surface area contributed by atoms with Crippen LogP contribution in [0.2, 0.25) is 0 Å². The molecular formula is C23H21NOS2. The minimum Gasteiger partial charge on any atom is -0.397 e. The quantitative estimate of drug-likeness (QED) is 0.396. The fourth-order valence-electron chi connectivity index (χ4n) is 2.42. The van der Waals surface area contributed by atoms with E-state index in [1.165, 1.54) is 11.1 Å². The first-order chi connectivity index (χ1) is 13.0. The molecule has 3 aromatic rings. The molecule has 0 heterocycles. The van der Waals surface area contributed by atoms with Crippen molar-refractivity contribution in [2.24, 2.45) is 5.73 Å². The van der Waals surface area contributed by atoms with Gasteiger partial charge in [0.25, 0.3) is 0 Å². The lowest BCUT2D eigenvalue weighted by molar-refractivity contribution is 0.112. The molecule has 0 aliphatic heterocycles. The number of hydrogen-bond acceptors (Lipinski definition) is 4. The topological polar surface area (TPSA) is 43.1 Å². The summed E-state index contributed by atoms with van der Waals surface area (Å²) in [6.45, 7) is 4.16. The van der Waals surface area contributed by atoms with Crippen LogP contribution < -0.4 is 5.73 Å². The number of thioether (sulfide) groups is 2. The average molecular weight is 392 g/mol. The Morgan fingerprint density at radius 2 is 1.19 bits per heavy atom. The van der Waals surface area contributed by atoms with Gasteiger partial charge in [-0.1, -0.05) is 83.2 Å². The Morgan fingerprint density at radius 1 is 0.741 bits per heavy atom. The summed E-state index contributed by atoms with van der Waals surface area (Å²) in [4.78, 5) is 13.2. The second-order valence-electron chi connectivity index (χ2n) is 6.27. The molecule has 0 bridgehead atoms. The Bertz CT molecular complexity index is 894. The third-order valence-corrected chi connectivity index (χ3v) is 6.37. The van der Waals surface area contributed by atoms with E-state index in [0.29, 0.717) is 11.3 Å². The fraction of sp³-hybridized carbons (Fsp3) is 0.0870. The lowest BCUT2D eigenvalue weighted by Gasteiger charge is -2.13.